The fourth-order valence-corrected chi connectivity index (χ4v) is 3.30. The Labute approximate surface area is 164 Å². The Morgan fingerprint density at radius 1 is 1.15 bits per heavy atom. The molecule has 140 valence electrons. The Balaban J connectivity index is 2.06. The Morgan fingerprint density at radius 3 is 2.46 bits per heavy atom. The molecule has 0 fully saturated rings. The number of benzene rings is 2. The van der Waals surface area contributed by atoms with E-state index in [9.17, 15) is 4.79 Å². The van der Waals surface area contributed by atoms with Crippen LogP contribution < -0.4 is 10.1 Å². The minimum absolute atomic E-state index is 0.0346. The third-order valence-corrected chi connectivity index (χ3v) is 5.03. The Hall–Kier alpha value is -1.85. The van der Waals surface area contributed by atoms with Crippen molar-refractivity contribution in [2.45, 2.75) is 26.3 Å². The predicted molar refractivity (Wildman–Crippen MR) is 110 cm³/mol. The molecular weight excluding hydrogens is 392 g/mol. The number of methoxy groups -OCH3 is 1. The maximum Gasteiger partial charge on any atom is 0.224 e. The summed E-state index contributed by atoms with van der Waals surface area (Å²) in [7, 11) is 1.67. The van der Waals surface area contributed by atoms with Crippen molar-refractivity contribution in [3.05, 3.63) is 64.1 Å². The molecular formula is C21H27BrN2O2. The predicted octanol–water partition coefficient (Wildman–Crippen LogP) is 4.20. The lowest BCUT2D eigenvalue weighted by molar-refractivity contribution is -0.120. The molecule has 1 amide bonds. The van der Waals surface area contributed by atoms with E-state index < -0.39 is 0 Å². The van der Waals surface area contributed by atoms with Gasteiger partial charge in [-0.2, -0.15) is 0 Å². The first-order valence-electron chi connectivity index (χ1n) is 8.96. The second-order valence-corrected chi connectivity index (χ2v) is 7.04. The van der Waals surface area contributed by atoms with Crippen molar-refractivity contribution >= 4 is 21.8 Å². The molecule has 1 N–H and O–H groups in total. The summed E-state index contributed by atoms with van der Waals surface area (Å²) in [5, 5.41) is 3.10. The first-order valence-corrected chi connectivity index (χ1v) is 9.75. The number of nitrogens with one attached hydrogen (secondary N) is 1. The topological polar surface area (TPSA) is 41.6 Å². The number of hydrogen-bond acceptors (Lipinski definition) is 3. The lowest BCUT2D eigenvalue weighted by Crippen LogP contribution is -2.38. The van der Waals surface area contributed by atoms with Gasteiger partial charge >= 0.3 is 0 Å². The van der Waals surface area contributed by atoms with Crippen LogP contribution in [0, 0.1) is 0 Å². The van der Waals surface area contributed by atoms with E-state index in [0.717, 1.165) is 34.4 Å². The lowest BCUT2D eigenvalue weighted by atomic mass is 10.0. The number of rotatable bonds is 9. The molecule has 2 aromatic carbocycles. The van der Waals surface area contributed by atoms with Gasteiger partial charge in [-0.1, -0.05) is 54.0 Å². The van der Waals surface area contributed by atoms with Crippen LogP contribution in [0.5, 0.6) is 5.75 Å². The highest BCUT2D eigenvalue weighted by Gasteiger charge is 2.19. The van der Waals surface area contributed by atoms with Gasteiger partial charge in [-0.15, -0.1) is 0 Å². The fourth-order valence-electron chi connectivity index (χ4n) is 3.03. The van der Waals surface area contributed by atoms with Crippen LogP contribution >= 0.6 is 15.9 Å². The molecule has 1 atom stereocenters. The van der Waals surface area contributed by atoms with Crippen LogP contribution in [-0.2, 0) is 11.2 Å². The van der Waals surface area contributed by atoms with E-state index >= 15 is 0 Å². The van der Waals surface area contributed by atoms with Crippen LogP contribution in [0.1, 0.15) is 31.0 Å². The molecule has 5 heteroatoms. The van der Waals surface area contributed by atoms with Gasteiger partial charge in [0.15, 0.2) is 0 Å². The van der Waals surface area contributed by atoms with Gasteiger partial charge in [0.1, 0.15) is 5.75 Å². The van der Waals surface area contributed by atoms with Crippen LogP contribution in [0.15, 0.2) is 53.0 Å². The van der Waals surface area contributed by atoms with E-state index in [0.29, 0.717) is 13.0 Å². The van der Waals surface area contributed by atoms with Gasteiger partial charge in [-0.25, -0.2) is 0 Å². The number of amides is 1. The van der Waals surface area contributed by atoms with Gasteiger partial charge in [0.2, 0.25) is 5.91 Å². The molecule has 0 heterocycles. The molecule has 0 radical (unpaired) electrons. The summed E-state index contributed by atoms with van der Waals surface area (Å²) in [5.41, 5.74) is 2.16. The molecule has 2 aromatic rings. The number of carbonyl (C=O) groups excluding carboxylic acids is 1. The quantitative estimate of drug-likeness (QED) is 0.663. The summed E-state index contributed by atoms with van der Waals surface area (Å²) >= 11 is 3.41. The van der Waals surface area contributed by atoms with Crippen molar-refractivity contribution in [2.24, 2.45) is 0 Å². The number of carbonyl (C=O) groups is 1. The summed E-state index contributed by atoms with van der Waals surface area (Å²) in [6, 6.07) is 16.0. The number of likely N-dealkylation sites (N-methyl/N-ethyl adjacent to an activating group) is 1. The third kappa shape index (κ3) is 5.85. The Morgan fingerprint density at radius 2 is 1.85 bits per heavy atom. The zero-order valence-corrected chi connectivity index (χ0v) is 17.3. The average molecular weight is 419 g/mol. The largest absolute Gasteiger partial charge is 0.497 e. The molecule has 0 aliphatic heterocycles. The molecule has 0 unspecified atom stereocenters. The summed E-state index contributed by atoms with van der Waals surface area (Å²) in [4.78, 5) is 14.7. The fraction of sp³-hybridized carbons (Fsp3) is 0.381. The highest BCUT2D eigenvalue weighted by molar-refractivity contribution is 9.10. The molecule has 0 aliphatic carbocycles. The summed E-state index contributed by atoms with van der Waals surface area (Å²) < 4.78 is 6.37. The summed E-state index contributed by atoms with van der Waals surface area (Å²) in [5.74, 6) is 0.869. The van der Waals surface area contributed by atoms with Crippen LogP contribution in [0.4, 0.5) is 0 Å². The van der Waals surface area contributed by atoms with Crippen molar-refractivity contribution in [2.75, 3.05) is 26.7 Å². The zero-order valence-electron chi connectivity index (χ0n) is 15.7. The number of nitrogens with zero attached hydrogens (tertiary/aromatic N) is 1. The first kappa shape index (κ1) is 20.5. The Bertz CT molecular complexity index is 699. The summed E-state index contributed by atoms with van der Waals surface area (Å²) in [6.07, 6.45) is 0.385. The molecule has 2 rings (SSSR count). The molecule has 0 saturated heterocycles. The highest BCUT2D eigenvalue weighted by Crippen LogP contribution is 2.24. The van der Waals surface area contributed by atoms with Gasteiger partial charge in [0, 0.05) is 11.0 Å². The molecule has 4 nitrogen and oxygen atoms in total. The highest BCUT2D eigenvalue weighted by atomic mass is 79.9. The molecule has 0 spiro atoms. The SMILES string of the molecule is CCN(CC)[C@H](CNC(=O)Cc1ccc(Br)cc1)c1cccc(OC)c1. The Kier molecular flexibility index (Phi) is 8.13. The van der Waals surface area contributed by atoms with E-state index in [-0.39, 0.29) is 11.9 Å². The number of ether oxygens (including phenoxy) is 1. The minimum Gasteiger partial charge on any atom is -0.497 e. The number of hydrogen-bond donors (Lipinski definition) is 1. The molecule has 0 aliphatic rings. The number of halogens is 1. The standard InChI is InChI=1S/C21H27BrN2O2/c1-4-24(5-2)20(17-7-6-8-19(14-17)26-3)15-23-21(25)13-16-9-11-18(22)12-10-16/h6-12,14,20H,4-5,13,15H2,1-3H3,(H,23,25)/t20-/m1/s1. The van der Waals surface area contributed by atoms with E-state index in [1.807, 2.05) is 42.5 Å². The zero-order chi connectivity index (χ0) is 18.9. The summed E-state index contributed by atoms with van der Waals surface area (Å²) in [6.45, 7) is 6.69. The van der Waals surface area contributed by atoms with Crippen molar-refractivity contribution < 1.29 is 9.53 Å². The van der Waals surface area contributed by atoms with Crippen molar-refractivity contribution in [1.29, 1.82) is 0 Å². The van der Waals surface area contributed by atoms with Crippen molar-refractivity contribution in [3.63, 3.8) is 0 Å². The average Bonchev–Trinajstić information content (AvgIpc) is 2.67. The first-order chi connectivity index (χ1) is 12.6. The van der Waals surface area contributed by atoms with Gasteiger partial charge in [0.05, 0.1) is 19.6 Å². The van der Waals surface area contributed by atoms with E-state index in [1.54, 1.807) is 7.11 Å². The van der Waals surface area contributed by atoms with Crippen LogP contribution in [0.25, 0.3) is 0 Å². The molecule has 0 bridgehead atoms. The van der Waals surface area contributed by atoms with Crippen LogP contribution in [-0.4, -0.2) is 37.6 Å². The lowest BCUT2D eigenvalue weighted by Gasteiger charge is -2.30. The maximum atomic E-state index is 12.4. The van der Waals surface area contributed by atoms with Gasteiger partial charge < -0.3 is 10.1 Å². The second-order valence-electron chi connectivity index (χ2n) is 6.12. The molecule has 0 aromatic heterocycles. The molecule has 0 saturated carbocycles. The van der Waals surface area contributed by atoms with Crippen LogP contribution in [0.3, 0.4) is 0 Å². The monoisotopic (exact) mass is 418 g/mol. The van der Waals surface area contributed by atoms with Gasteiger partial charge in [-0.05, 0) is 48.5 Å². The maximum absolute atomic E-state index is 12.4. The van der Waals surface area contributed by atoms with E-state index in [2.05, 4.69) is 46.1 Å². The van der Waals surface area contributed by atoms with E-state index in [1.165, 1.54) is 0 Å². The van der Waals surface area contributed by atoms with E-state index in [4.69, 9.17) is 4.74 Å². The smallest absolute Gasteiger partial charge is 0.224 e. The van der Waals surface area contributed by atoms with Crippen molar-refractivity contribution in [1.82, 2.24) is 10.2 Å². The van der Waals surface area contributed by atoms with Gasteiger partial charge in [-0.3, -0.25) is 9.69 Å². The molecule has 26 heavy (non-hydrogen) atoms. The van der Waals surface area contributed by atoms with Gasteiger partial charge in [0.25, 0.3) is 0 Å². The third-order valence-electron chi connectivity index (χ3n) is 4.50. The second kappa shape index (κ2) is 10.3. The minimum atomic E-state index is 0.0346. The van der Waals surface area contributed by atoms with Crippen molar-refractivity contribution in [3.8, 4) is 5.75 Å². The van der Waals surface area contributed by atoms with Crippen LogP contribution in [0.2, 0.25) is 0 Å². The normalized spacial score (nSPS) is 12.0.